The lowest BCUT2D eigenvalue weighted by Gasteiger charge is -2.33. The van der Waals surface area contributed by atoms with Crippen molar-refractivity contribution in [2.24, 2.45) is 0 Å². The SMILES string of the molecule is CCS(=O)(=O)N1CCN(Cc2nc3cccnc3n2-c2cccc(F)c2)CC1. The third-order valence-electron chi connectivity index (χ3n) is 5.01. The summed E-state index contributed by atoms with van der Waals surface area (Å²) in [6.07, 6.45) is 1.69. The number of imidazole rings is 1. The minimum atomic E-state index is -3.16. The van der Waals surface area contributed by atoms with E-state index in [4.69, 9.17) is 4.98 Å². The molecule has 4 rings (SSSR count). The van der Waals surface area contributed by atoms with E-state index in [1.165, 1.54) is 12.1 Å². The first kappa shape index (κ1) is 19.0. The van der Waals surface area contributed by atoms with Crippen LogP contribution in [0.15, 0.2) is 42.6 Å². The standard InChI is InChI=1S/C19H22FN5O2S/c1-2-28(26,27)24-11-9-23(10-12-24)14-18-22-17-7-4-8-21-19(17)25(18)16-6-3-5-15(20)13-16/h3-8,13H,2,9-12,14H2,1H3. The summed E-state index contributed by atoms with van der Waals surface area (Å²) >= 11 is 0. The molecule has 148 valence electrons. The average Bonchev–Trinajstić information content (AvgIpc) is 3.06. The number of hydrogen-bond donors (Lipinski definition) is 0. The summed E-state index contributed by atoms with van der Waals surface area (Å²) in [6, 6.07) is 10.1. The number of nitrogens with zero attached hydrogens (tertiary/aromatic N) is 5. The van der Waals surface area contributed by atoms with Gasteiger partial charge in [-0.05, 0) is 37.3 Å². The van der Waals surface area contributed by atoms with Crippen molar-refractivity contribution in [3.63, 3.8) is 0 Å². The fourth-order valence-corrected chi connectivity index (χ4v) is 4.59. The minimum absolute atomic E-state index is 0.119. The number of rotatable bonds is 5. The van der Waals surface area contributed by atoms with Gasteiger partial charge in [0.05, 0.1) is 18.0 Å². The molecule has 1 aromatic carbocycles. The molecule has 7 nitrogen and oxygen atoms in total. The van der Waals surface area contributed by atoms with Crippen LogP contribution in [0.2, 0.25) is 0 Å². The van der Waals surface area contributed by atoms with E-state index in [0.29, 0.717) is 44.1 Å². The predicted octanol–water partition coefficient (Wildman–Crippen LogP) is 2.03. The molecule has 0 spiro atoms. The molecule has 3 aromatic rings. The van der Waals surface area contributed by atoms with Crippen molar-refractivity contribution in [3.05, 3.63) is 54.2 Å². The Labute approximate surface area is 163 Å². The monoisotopic (exact) mass is 403 g/mol. The molecule has 0 saturated carbocycles. The van der Waals surface area contributed by atoms with Crippen molar-refractivity contribution >= 4 is 21.2 Å². The van der Waals surface area contributed by atoms with Gasteiger partial charge in [0, 0.05) is 32.4 Å². The number of aromatic nitrogens is 3. The predicted molar refractivity (Wildman–Crippen MR) is 105 cm³/mol. The van der Waals surface area contributed by atoms with Gasteiger partial charge in [-0.3, -0.25) is 9.47 Å². The van der Waals surface area contributed by atoms with Gasteiger partial charge in [0.15, 0.2) is 5.65 Å². The van der Waals surface area contributed by atoms with E-state index in [1.807, 2.05) is 22.8 Å². The van der Waals surface area contributed by atoms with Crippen molar-refractivity contribution in [2.45, 2.75) is 13.5 Å². The summed E-state index contributed by atoms with van der Waals surface area (Å²) in [5, 5.41) is 0. The van der Waals surface area contributed by atoms with Crippen molar-refractivity contribution < 1.29 is 12.8 Å². The molecule has 0 atom stereocenters. The third-order valence-corrected chi connectivity index (χ3v) is 6.89. The van der Waals surface area contributed by atoms with Crippen LogP contribution in [0.1, 0.15) is 12.7 Å². The Balaban J connectivity index is 1.62. The molecule has 1 saturated heterocycles. The number of sulfonamides is 1. The molecule has 0 bridgehead atoms. The fourth-order valence-electron chi connectivity index (χ4n) is 3.50. The summed E-state index contributed by atoms with van der Waals surface area (Å²) in [5.41, 5.74) is 2.09. The largest absolute Gasteiger partial charge is 0.293 e. The fraction of sp³-hybridized carbons (Fsp3) is 0.368. The Kier molecular flexibility index (Phi) is 5.13. The first-order chi connectivity index (χ1) is 13.5. The summed E-state index contributed by atoms with van der Waals surface area (Å²) in [4.78, 5) is 11.3. The van der Waals surface area contributed by atoms with E-state index < -0.39 is 10.0 Å². The quantitative estimate of drug-likeness (QED) is 0.652. The van der Waals surface area contributed by atoms with Gasteiger partial charge in [-0.25, -0.2) is 22.8 Å². The molecule has 3 heterocycles. The van der Waals surface area contributed by atoms with E-state index in [1.54, 1.807) is 23.5 Å². The maximum atomic E-state index is 13.8. The van der Waals surface area contributed by atoms with Gasteiger partial charge in [-0.15, -0.1) is 0 Å². The van der Waals surface area contributed by atoms with E-state index in [9.17, 15) is 12.8 Å². The Morgan fingerprint density at radius 2 is 1.89 bits per heavy atom. The summed E-state index contributed by atoms with van der Waals surface area (Å²) in [6.45, 7) is 4.38. The summed E-state index contributed by atoms with van der Waals surface area (Å²) in [5.74, 6) is 0.555. The second-order valence-electron chi connectivity index (χ2n) is 6.77. The highest BCUT2D eigenvalue weighted by Crippen LogP contribution is 2.22. The smallest absolute Gasteiger partial charge is 0.213 e. The van der Waals surface area contributed by atoms with Crippen LogP contribution in [0.3, 0.4) is 0 Å². The Morgan fingerprint density at radius 3 is 2.61 bits per heavy atom. The summed E-state index contributed by atoms with van der Waals surface area (Å²) < 4.78 is 41.3. The second kappa shape index (κ2) is 7.57. The number of fused-ring (bicyclic) bond motifs is 1. The molecular formula is C19H22FN5O2S. The van der Waals surface area contributed by atoms with Crippen LogP contribution in [0.25, 0.3) is 16.9 Å². The van der Waals surface area contributed by atoms with E-state index in [0.717, 1.165) is 11.3 Å². The van der Waals surface area contributed by atoms with Gasteiger partial charge in [0.1, 0.15) is 17.2 Å². The van der Waals surface area contributed by atoms with Gasteiger partial charge in [-0.2, -0.15) is 4.31 Å². The van der Waals surface area contributed by atoms with Crippen LogP contribution < -0.4 is 0 Å². The van der Waals surface area contributed by atoms with Gasteiger partial charge in [0.2, 0.25) is 10.0 Å². The zero-order chi connectivity index (χ0) is 19.7. The average molecular weight is 403 g/mol. The minimum Gasteiger partial charge on any atom is -0.293 e. The highest BCUT2D eigenvalue weighted by molar-refractivity contribution is 7.89. The lowest BCUT2D eigenvalue weighted by molar-refractivity contribution is 0.178. The lowest BCUT2D eigenvalue weighted by atomic mass is 10.3. The highest BCUT2D eigenvalue weighted by atomic mass is 32.2. The molecule has 0 unspecified atom stereocenters. The first-order valence-electron chi connectivity index (χ1n) is 9.26. The zero-order valence-corrected chi connectivity index (χ0v) is 16.4. The molecule has 0 radical (unpaired) electrons. The molecule has 1 aliphatic rings. The van der Waals surface area contributed by atoms with Crippen LogP contribution in [-0.4, -0.2) is 64.1 Å². The maximum Gasteiger partial charge on any atom is 0.213 e. The normalized spacial score (nSPS) is 16.6. The molecule has 1 aliphatic heterocycles. The van der Waals surface area contributed by atoms with Gasteiger partial charge in [-0.1, -0.05) is 6.07 Å². The van der Waals surface area contributed by atoms with Gasteiger partial charge < -0.3 is 0 Å². The van der Waals surface area contributed by atoms with Crippen LogP contribution in [0.5, 0.6) is 0 Å². The molecule has 0 aliphatic carbocycles. The summed E-state index contributed by atoms with van der Waals surface area (Å²) in [7, 11) is -3.16. The van der Waals surface area contributed by atoms with E-state index in [2.05, 4.69) is 9.88 Å². The maximum absolute atomic E-state index is 13.8. The van der Waals surface area contributed by atoms with Gasteiger partial charge in [0.25, 0.3) is 0 Å². The van der Waals surface area contributed by atoms with Crippen LogP contribution in [0.4, 0.5) is 4.39 Å². The van der Waals surface area contributed by atoms with Crippen molar-refractivity contribution in [3.8, 4) is 5.69 Å². The zero-order valence-electron chi connectivity index (χ0n) is 15.6. The van der Waals surface area contributed by atoms with Crippen molar-refractivity contribution in [2.75, 3.05) is 31.9 Å². The first-order valence-corrected chi connectivity index (χ1v) is 10.9. The Bertz CT molecular complexity index is 1090. The van der Waals surface area contributed by atoms with E-state index >= 15 is 0 Å². The van der Waals surface area contributed by atoms with Crippen LogP contribution >= 0.6 is 0 Å². The van der Waals surface area contributed by atoms with Crippen molar-refractivity contribution in [1.29, 1.82) is 0 Å². The third kappa shape index (κ3) is 3.65. The topological polar surface area (TPSA) is 71.3 Å². The number of hydrogen-bond acceptors (Lipinski definition) is 5. The Hall–Kier alpha value is -2.36. The highest BCUT2D eigenvalue weighted by Gasteiger charge is 2.26. The lowest BCUT2D eigenvalue weighted by Crippen LogP contribution is -2.48. The second-order valence-corrected chi connectivity index (χ2v) is 9.02. The molecule has 0 N–H and O–H groups in total. The van der Waals surface area contributed by atoms with Crippen LogP contribution in [-0.2, 0) is 16.6 Å². The number of halogens is 1. The molecular weight excluding hydrogens is 381 g/mol. The Morgan fingerprint density at radius 1 is 1.11 bits per heavy atom. The number of pyridine rings is 1. The molecule has 0 amide bonds. The van der Waals surface area contributed by atoms with E-state index in [-0.39, 0.29) is 11.6 Å². The number of benzene rings is 1. The number of piperazine rings is 1. The molecule has 9 heteroatoms. The van der Waals surface area contributed by atoms with Crippen LogP contribution in [0, 0.1) is 5.82 Å². The molecule has 28 heavy (non-hydrogen) atoms. The molecule has 2 aromatic heterocycles. The van der Waals surface area contributed by atoms with Crippen molar-refractivity contribution in [1.82, 2.24) is 23.7 Å². The molecule has 1 fully saturated rings. The van der Waals surface area contributed by atoms with Gasteiger partial charge >= 0.3 is 0 Å².